The number of carboxylic acid groups (broad SMARTS) is 1. The van der Waals surface area contributed by atoms with E-state index in [4.69, 9.17) is 5.11 Å². The van der Waals surface area contributed by atoms with Crippen LogP contribution >= 0.6 is 0 Å². The average Bonchev–Trinajstić information content (AvgIpc) is 1.77. The Balaban J connectivity index is 1.66. The molecule has 0 aromatic heterocycles. The van der Waals surface area contributed by atoms with Crippen LogP contribution in [0.4, 0.5) is 0 Å². The first-order chi connectivity index (χ1) is 5.75. The van der Waals surface area contributed by atoms with Gasteiger partial charge in [0.25, 0.3) is 0 Å². The van der Waals surface area contributed by atoms with Crippen LogP contribution in [-0.4, -0.2) is 11.1 Å². The van der Waals surface area contributed by atoms with Crippen LogP contribution in [0.15, 0.2) is 0 Å². The highest BCUT2D eigenvalue weighted by molar-refractivity contribution is 5.67. The van der Waals surface area contributed by atoms with E-state index in [-0.39, 0.29) is 0 Å². The fourth-order valence-electron chi connectivity index (χ4n) is 2.50. The zero-order valence-corrected chi connectivity index (χ0v) is 7.33. The molecule has 0 atom stereocenters. The standard InChI is InChI=1S/C10H16O2/c11-10(12)6-7-4-9(5-7)8-2-1-3-8/h7-9H,1-6H2,(H,11,12). The van der Waals surface area contributed by atoms with Crippen molar-refractivity contribution in [1.29, 1.82) is 0 Å². The van der Waals surface area contributed by atoms with E-state index < -0.39 is 5.97 Å². The van der Waals surface area contributed by atoms with Crippen LogP contribution in [0.25, 0.3) is 0 Å². The highest BCUT2D eigenvalue weighted by atomic mass is 16.4. The lowest BCUT2D eigenvalue weighted by atomic mass is 9.62. The quantitative estimate of drug-likeness (QED) is 0.702. The van der Waals surface area contributed by atoms with E-state index in [1.807, 2.05) is 0 Å². The number of hydrogen-bond donors (Lipinski definition) is 1. The summed E-state index contributed by atoms with van der Waals surface area (Å²) in [6, 6.07) is 0. The van der Waals surface area contributed by atoms with Crippen LogP contribution in [0.2, 0.25) is 0 Å². The summed E-state index contributed by atoms with van der Waals surface area (Å²) >= 11 is 0. The summed E-state index contributed by atoms with van der Waals surface area (Å²) in [6.45, 7) is 0. The average molecular weight is 168 g/mol. The summed E-state index contributed by atoms with van der Waals surface area (Å²) in [5.74, 6) is 1.75. The molecule has 0 bridgehead atoms. The van der Waals surface area contributed by atoms with Gasteiger partial charge in [-0.15, -0.1) is 0 Å². The molecule has 2 aliphatic rings. The van der Waals surface area contributed by atoms with E-state index in [9.17, 15) is 4.79 Å². The minimum Gasteiger partial charge on any atom is -0.481 e. The van der Waals surface area contributed by atoms with Gasteiger partial charge in [-0.1, -0.05) is 19.3 Å². The number of hydrogen-bond acceptors (Lipinski definition) is 1. The van der Waals surface area contributed by atoms with E-state index in [1.165, 1.54) is 32.1 Å². The first-order valence-corrected chi connectivity index (χ1v) is 4.97. The highest BCUT2D eigenvalue weighted by Gasteiger charge is 2.37. The van der Waals surface area contributed by atoms with Crippen molar-refractivity contribution in [3.63, 3.8) is 0 Å². The lowest BCUT2D eigenvalue weighted by Gasteiger charge is -2.44. The van der Waals surface area contributed by atoms with Gasteiger partial charge in [0.1, 0.15) is 0 Å². The predicted molar refractivity (Wildman–Crippen MR) is 45.8 cm³/mol. The molecular weight excluding hydrogens is 152 g/mol. The Labute approximate surface area is 73.0 Å². The molecule has 12 heavy (non-hydrogen) atoms. The number of aliphatic carboxylic acids is 1. The van der Waals surface area contributed by atoms with Gasteiger partial charge in [-0.25, -0.2) is 0 Å². The van der Waals surface area contributed by atoms with Gasteiger partial charge in [0, 0.05) is 6.42 Å². The van der Waals surface area contributed by atoms with E-state index in [1.54, 1.807) is 0 Å². The van der Waals surface area contributed by atoms with Crippen molar-refractivity contribution >= 4 is 5.97 Å². The molecular formula is C10H16O2. The molecule has 2 saturated carbocycles. The molecule has 0 aromatic carbocycles. The SMILES string of the molecule is O=C(O)CC1CC(C2CCC2)C1. The van der Waals surface area contributed by atoms with Crippen LogP contribution in [0.1, 0.15) is 38.5 Å². The van der Waals surface area contributed by atoms with Gasteiger partial charge >= 0.3 is 5.97 Å². The van der Waals surface area contributed by atoms with Gasteiger partial charge in [-0.2, -0.15) is 0 Å². The topological polar surface area (TPSA) is 37.3 Å². The first-order valence-electron chi connectivity index (χ1n) is 4.97. The Bertz CT molecular complexity index is 178. The van der Waals surface area contributed by atoms with Crippen LogP contribution < -0.4 is 0 Å². The molecule has 0 spiro atoms. The molecule has 0 radical (unpaired) electrons. The van der Waals surface area contributed by atoms with Crippen molar-refractivity contribution in [1.82, 2.24) is 0 Å². The Morgan fingerprint density at radius 3 is 2.33 bits per heavy atom. The molecule has 68 valence electrons. The van der Waals surface area contributed by atoms with Crippen molar-refractivity contribution in [3.8, 4) is 0 Å². The zero-order chi connectivity index (χ0) is 8.55. The first kappa shape index (κ1) is 8.09. The van der Waals surface area contributed by atoms with Crippen molar-refractivity contribution < 1.29 is 9.90 Å². The summed E-state index contributed by atoms with van der Waals surface area (Å²) in [6.07, 6.45) is 7.01. The maximum absolute atomic E-state index is 10.4. The maximum Gasteiger partial charge on any atom is 0.303 e. The Morgan fingerprint density at radius 1 is 1.25 bits per heavy atom. The molecule has 0 aromatic rings. The van der Waals surface area contributed by atoms with Crippen molar-refractivity contribution in [3.05, 3.63) is 0 Å². The summed E-state index contributed by atoms with van der Waals surface area (Å²) in [5.41, 5.74) is 0. The number of rotatable bonds is 3. The fraction of sp³-hybridized carbons (Fsp3) is 0.900. The lowest BCUT2D eigenvalue weighted by molar-refractivity contribution is -0.139. The fourth-order valence-corrected chi connectivity index (χ4v) is 2.50. The van der Waals surface area contributed by atoms with Gasteiger partial charge in [0.15, 0.2) is 0 Å². The molecule has 0 saturated heterocycles. The molecule has 0 heterocycles. The third-order valence-electron chi connectivity index (χ3n) is 3.55. The van der Waals surface area contributed by atoms with Gasteiger partial charge in [-0.3, -0.25) is 4.79 Å². The molecule has 2 aliphatic carbocycles. The normalized spacial score (nSPS) is 35.3. The molecule has 0 aliphatic heterocycles. The molecule has 0 amide bonds. The Hall–Kier alpha value is -0.530. The molecule has 2 rings (SSSR count). The smallest absolute Gasteiger partial charge is 0.303 e. The van der Waals surface area contributed by atoms with Crippen molar-refractivity contribution in [2.45, 2.75) is 38.5 Å². The molecule has 2 nitrogen and oxygen atoms in total. The minimum absolute atomic E-state index is 0.406. The van der Waals surface area contributed by atoms with Crippen LogP contribution in [-0.2, 0) is 4.79 Å². The molecule has 1 N–H and O–H groups in total. The van der Waals surface area contributed by atoms with Gasteiger partial charge in [0.05, 0.1) is 0 Å². The van der Waals surface area contributed by atoms with Gasteiger partial charge in [-0.05, 0) is 30.6 Å². The number of carboxylic acids is 1. The predicted octanol–water partition coefficient (Wildman–Crippen LogP) is 2.29. The molecule has 0 unspecified atom stereocenters. The second kappa shape index (κ2) is 3.08. The summed E-state index contributed by atoms with van der Waals surface area (Å²) in [7, 11) is 0. The molecule has 2 heteroatoms. The van der Waals surface area contributed by atoms with Gasteiger partial charge in [0.2, 0.25) is 0 Å². The largest absolute Gasteiger partial charge is 0.481 e. The zero-order valence-electron chi connectivity index (χ0n) is 7.33. The second-order valence-electron chi connectivity index (χ2n) is 4.39. The Morgan fingerprint density at radius 2 is 1.92 bits per heavy atom. The summed E-state index contributed by atoms with van der Waals surface area (Å²) < 4.78 is 0. The van der Waals surface area contributed by atoms with Crippen LogP contribution in [0.5, 0.6) is 0 Å². The number of carbonyl (C=O) groups is 1. The van der Waals surface area contributed by atoms with Gasteiger partial charge < -0.3 is 5.11 Å². The third kappa shape index (κ3) is 1.47. The minimum atomic E-state index is -0.618. The second-order valence-corrected chi connectivity index (χ2v) is 4.39. The maximum atomic E-state index is 10.4. The Kier molecular flexibility index (Phi) is 2.07. The van der Waals surface area contributed by atoms with Crippen molar-refractivity contribution in [2.75, 3.05) is 0 Å². The summed E-state index contributed by atoms with van der Waals surface area (Å²) in [5, 5.41) is 8.54. The van der Waals surface area contributed by atoms with E-state index in [0.29, 0.717) is 12.3 Å². The van der Waals surface area contributed by atoms with Crippen molar-refractivity contribution in [2.24, 2.45) is 17.8 Å². The van der Waals surface area contributed by atoms with Crippen LogP contribution in [0.3, 0.4) is 0 Å². The monoisotopic (exact) mass is 168 g/mol. The van der Waals surface area contributed by atoms with E-state index >= 15 is 0 Å². The van der Waals surface area contributed by atoms with E-state index in [2.05, 4.69) is 0 Å². The highest BCUT2D eigenvalue weighted by Crippen LogP contribution is 2.47. The molecule has 2 fully saturated rings. The lowest BCUT2D eigenvalue weighted by Crippen LogP contribution is -2.34. The summed E-state index contributed by atoms with van der Waals surface area (Å²) in [4.78, 5) is 10.4. The van der Waals surface area contributed by atoms with E-state index in [0.717, 1.165) is 11.8 Å². The third-order valence-corrected chi connectivity index (χ3v) is 3.55. The van der Waals surface area contributed by atoms with Crippen LogP contribution in [0, 0.1) is 17.8 Å².